The van der Waals surface area contributed by atoms with Gasteiger partial charge in [-0.1, -0.05) is 29.3 Å². The van der Waals surface area contributed by atoms with E-state index in [1.807, 2.05) is 26.8 Å². The van der Waals surface area contributed by atoms with E-state index in [9.17, 15) is 4.79 Å². The molecule has 0 atom stereocenters. The van der Waals surface area contributed by atoms with Crippen molar-refractivity contribution in [2.24, 2.45) is 5.41 Å². The lowest BCUT2D eigenvalue weighted by Crippen LogP contribution is -2.37. The second kappa shape index (κ2) is 8.18. The van der Waals surface area contributed by atoms with Gasteiger partial charge in [0.2, 0.25) is 0 Å². The summed E-state index contributed by atoms with van der Waals surface area (Å²) in [5.41, 5.74) is 0.958. The fourth-order valence-corrected chi connectivity index (χ4v) is 3.38. The summed E-state index contributed by atoms with van der Waals surface area (Å²) < 4.78 is 11.3. The van der Waals surface area contributed by atoms with Gasteiger partial charge in [0.15, 0.2) is 0 Å². The Morgan fingerprint density at radius 3 is 2.50 bits per heavy atom. The van der Waals surface area contributed by atoms with Crippen molar-refractivity contribution in [3.63, 3.8) is 0 Å². The predicted octanol–water partition coefficient (Wildman–Crippen LogP) is 5.74. The van der Waals surface area contributed by atoms with Gasteiger partial charge < -0.3 is 14.8 Å². The first-order chi connectivity index (χ1) is 13.2. The molecule has 28 heavy (non-hydrogen) atoms. The number of ether oxygens (including phenoxy) is 2. The molecule has 1 aliphatic carbocycles. The number of carbonyl (C=O) groups is 1. The fraction of sp³-hybridized carbons (Fsp3) is 0.429. The number of carbonyl (C=O) groups excluding carboxylic acids is 1. The molecule has 0 unspecified atom stereocenters. The van der Waals surface area contributed by atoms with E-state index in [-0.39, 0.29) is 5.41 Å². The van der Waals surface area contributed by atoms with Gasteiger partial charge in [0.05, 0.1) is 12.8 Å². The zero-order valence-electron chi connectivity index (χ0n) is 16.2. The van der Waals surface area contributed by atoms with E-state index < -0.39 is 11.7 Å². The lowest BCUT2D eigenvalue weighted by Gasteiger charge is -2.22. The van der Waals surface area contributed by atoms with Crippen LogP contribution in [0.15, 0.2) is 36.7 Å². The van der Waals surface area contributed by atoms with Crippen molar-refractivity contribution in [2.75, 3.05) is 13.2 Å². The van der Waals surface area contributed by atoms with Crippen LogP contribution in [0.2, 0.25) is 10.0 Å². The summed E-state index contributed by atoms with van der Waals surface area (Å²) in [4.78, 5) is 16.1. The first-order valence-corrected chi connectivity index (χ1v) is 9.92. The summed E-state index contributed by atoms with van der Waals surface area (Å²) in [5.74, 6) is 0.636. The van der Waals surface area contributed by atoms with Crippen LogP contribution in [0.5, 0.6) is 5.75 Å². The monoisotopic (exact) mass is 422 g/mol. The topological polar surface area (TPSA) is 60.5 Å². The summed E-state index contributed by atoms with van der Waals surface area (Å²) in [6, 6.07) is 7.25. The lowest BCUT2D eigenvalue weighted by atomic mass is 10.1. The number of aromatic nitrogens is 1. The largest absolute Gasteiger partial charge is 0.491 e. The highest BCUT2D eigenvalue weighted by Gasteiger charge is 2.44. The molecule has 0 spiro atoms. The van der Waals surface area contributed by atoms with E-state index >= 15 is 0 Å². The quantitative estimate of drug-likeness (QED) is 0.644. The third kappa shape index (κ3) is 5.52. The molecule has 5 nitrogen and oxygen atoms in total. The predicted molar refractivity (Wildman–Crippen MR) is 111 cm³/mol. The zero-order valence-corrected chi connectivity index (χ0v) is 17.7. The Labute approximate surface area is 175 Å². The van der Waals surface area contributed by atoms with Crippen molar-refractivity contribution in [3.8, 4) is 16.9 Å². The van der Waals surface area contributed by atoms with E-state index in [4.69, 9.17) is 32.7 Å². The summed E-state index contributed by atoms with van der Waals surface area (Å²) in [5, 5.41) is 3.96. The Hall–Kier alpha value is -1.98. The summed E-state index contributed by atoms with van der Waals surface area (Å²) in [6.45, 7) is 6.53. The molecule has 1 heterocycles. The van der Waals surface area contributed by atoms with E-state index in [1.54, 1.807) is 30.6 Å². The number of alkyl carbamates (subject to hydrolysis) is 1. The number of hydrogen-bond acceptors (Lipinski definition) is 4. The summed E-state index contributed by atoms with van der Waals surface area (Å²) in [7, 11) is 0. The molecule has 1 amide bonds. The zero-order chi connectivity index (χ0) is 20.4. The van der Waals surface area contributed by atoms with Crippen LogP contribution in [-0.4, -0.2) is 29.8 Å². The van der Waals surface area contributed by atoms with Gasteiger partial charge in [0.25, 0.3) is 0 Å². The van der Waals surface area contributed by atoms with Crippen LogP contribution >= 0.6 is 23.2 Å². The van der Waals surface area contributed by atoms with E-state index in [0.29, 0.717) is 28.9 Å². The second-order valence-electron chi connectivity index (χ2n) is 8.15. The average molecular weight is 423 g/mol. The lowest BCUT2D eigenvalue weighted by molar-refractivity contribution is 0.0509. The molecule has 1 aromatic heterocycles. The number of rotatable bonds is 6. The minimum atomic E-state index is -0.511. The third-order valence-electron chi connectivity index (χ3n) is 4.47. The molecule has 1 N–H and O–H groups in total. The maximum Gasteiger partial charge on any atom is 0.407 e. The standard InChI is InChI=1S/C21H24Cl2N2O3/c1-20(2,3)28-19(26)25-12-21(7-8-21)13-27-15-9-14(10-24-11-15)18-16(22)5-4-6-17(18)23/h4-6,9-11H,7-8,12-13H2,1-3H3,(H,25,26). The maximum absolute atomic E-state index is 11.9. The van der Waals surface area contributed by atoms with Crippen molar-refractivity contribution in [1.29, 1.82) is 0 Å². The van der Waals surface area contributed by atoms with E-state index in [0.717, 1.165) is 24.0 Å². The first-order valence-electron chi connectivity index (χ1n) is 9.17. The molecule has 0 aliphatic heterocycles. The number of benzene rings is 1. The summed E-state index contributed by atoms with van der Waals surface area (Å²) in [6.07, 6.45) is 4.94. The molecular weight excluding hydrogens is 399 g/mol. The van der Waals surface area contributed by atoms with Crippen molar-refractivity contribution in [2.45, 2.75) is 39.2 Å². The van der Waals surface area contributed by atoms with Gasteiger partial charge in [-0.3, -0.25) is 4.98 Å². The Balaban J connectivity index is 1.60. The number of amides is 1. The highest BCUT2D eigenvalue weighted by atomic mass is 35.5. The van der Waals surface area contributed by atoms with Crippen LogP contribution in [0.25, 0.3) is 11.1 Å². The minimum Gasteiger partial charge on any atom is -0.491 e. The molecular formula is C21H24Cl2N2O3. The first kappa shape index (κ1) is 20.7. The highest BCUT2D eigenvalue weighted by molar-refractivity contribution is 6.39. The van der Waals surface area contributed by atoms with Crippen LogP contribution in [-0.2, 0) is 4.74 Å². The number of hydrogen-bond donors (Lipinski definition) is 1. The molecule has 1 fully saturated rings. The van der Waals surface area contributed by atoms with Crippen molar-refractivity contribution in [3.05, 3.63) is 46.7 Å². The molecule has 0 bridgehead atoms. The van der Waals surface area contributed by atoms with Crippen LogP contribution in [0.4, 0.5) is 4.79 Å². The van der Waals surface area contributed by atoms with Gasteiger partial charge >= 0.3 is 6.09 Å². The molecule has 0 radical (unpaired) electrons. The molecule has 1 saturated carbocycles. The molecule has 2 aromatic rings. The van der Waals surface area contributed by atoms with E-state index in [1.165, 1.54) is 0 Å². The van der Waals surface area contributed by atoms with E-state index in [2.05, 4.69) is 10.3 Å². The minimum absolute atomic E-state index is 0.0606. The molecule has 1 aromatic carbocycles. The number of halogens is 2. The molecule has 150 valence electrons. The normalized spacial score (nSPS) is 15.0. The van der Waals surface area contributed by atoms with Crippen molar-refractivity contribution >= 4 is 29.3 Å². The fourth-order valence-electron chi connectivity index (χ4n) is 2.77. The van der Waals surface area contributed by atoms with Crippen LogP contribution in [0.1, 0.15) is 33.6 Å². The average Bonchev–Trinajstić information content (AvgIpc) is 3.38. The number of pyridine rings is 1. The molecule has 3 rings (SSSR count). The SMILES string of the molecule is CC(C)(C)OC(=O)NCC1(COc2cncc(-c3c(Cl)cccc3Cl)c2)CC1. The van der Waals surface area contributed by atoms with Crippen LogP contribution in [0.3, 0.4) is 0 Å². The van der Waals surface area contributed by atoms with Gasteiger partial charge in [0, 0.05) is 39.3 Å². The highest BCUT2D eigenvalue weighted by Crippen LogP contribution is 2.45. The van der Waals surface area contributed by atoms with Gasteiger partial charge in [-0.05, 0) is 51.8 Å². The Morgan fingerprint density at radius 2 is 1.89 bits per heavy atom. The van der Waals surface area contributed by atoms with Crippen LogP contribution < -0.4 is 10.1 Å². The summed E-state index contributed by atoms with van der Waals surface area (Å²) >= 11 is 12.6. The smallest absolute Gasteiger partial charge is 0.407 e. The molecule has 0 saturated heterocycles. The van der Waals surface area contributed by atoms with Gasteiger partial charge in [-0.15, -0.1) is 0 Å². The molecule has 1 aliphatic rings. The third-order valence-corrected chi connectivity index (χ3v) is 5.10. The van der Waals surface area contributed by atoms with Gasteiger partial charge in [-0.25, -0.2) is 4.79 Å². The Bertz CT molecular complexity index is 841. The van der Waals surface area contributed by atoms with Gasteiger partial charge in [0.1, 0.15) is 11.4 Å². The Morgan fingerprint density at radius 1 is 1.21 bits per heavy atom. The number of nitrogens with zero attached hydrogens (tertiary/aromatic N) is 1. The van der Waals surface area contributed by atoms with Gasteiger partial charge in [-0.2, -0.15) is 0 Å². The second-order valence-corrected chi connectivity index (χ2v) is 8.96. The van der Waals surface area contributed by atoms with Crippen LogP contribution in [0, 0.1) is 5.41 Å². The van der Waals surface area contributed by atoms with Crippen molar-refractivity contribution in [1.82, 2.24) is 10.3 Å². The Kier molecular flexibility index (Phi) is 6.06. The molecule has 7 heteroatoms. The maximum atomic E-state index is 11.9. The van der Waals surface area contributed by atoms with Crippen molar-refractivity contribution < 1.29 is 14.3 Å². The number of nitrogens with one attached hydrogen (secondary N) is 1.